The van der Waals surface area contributed by atoms with E-state index in [2.05, 4.69) is 12.0 Å². The highest BCUT2D eigenvalue weighted by atomic mass is 32.2. The SMILES string of the molecule is CC(CCN)SCn1cccn1. The van der Waals surface area contributed by atoms with Crippen molar-refractivity contribution in [2.45, 2.75) is 24.5 Å². The van der Waals surface area contributed by atoms with Crippen molar-refractivity contribution in [1.29, 1.82) is 0 Å². The van der Waals surface area contributed by atoms with Crippen molar-refractivity contribution in [3.8, 4) is 0 Å². The van der Waals surface area contributed by atoms with E-state index in [1.807, 2.05) is 28.7 Å². The van der Waals surface area contributed by atoms with Crippen molar-refractivity contribution in [3.05, 3.63) is 18.5 Å². The quantitative estimate of drug-likeness (QED) is 0.752. The summed E-state index contributed by atoms with van der Waals surface area (Å²) in [5.74, 6) is 0.925. The highest BCUT2D eigenvalue weighted by Crippen LogP contribution is 2.14. The zero-order valence-corrected chi connectivity index (χ0v) is 8.13. The van der Waals surface area contributed by atoms with E-state index in [1.165, 1.54) is 0 Å². The number of nitrogens with zero attached hydrogens (tertiary/aromatic N) is 2. The summed E-state index contributed by atoms with van der Waals surface area (Å²) in [6.45, 7) is 2.97. The second-order valence-corrected chi connectivity index (χ2v) is 4.13. The first kappa shape index (κ1) is 9.61. The van der Waals surface area contributed by atoms with Crippen LogP contribution < -0.4 is 5.73 Å². The van der Waals surface area contributed by atoms with Gasteiger partial charge in [-0.15, -0.1) is 11.8 Å². The van der Waals surface area contributed by atoms with Gasteiger partial charge in [0.25, 0.3) is 0 Å². The summed E-state index contributed by atoms with van der Waals surface area (Å²) in [5, 5.41) is 4.74. The monoisotopic (exact) mass is 185 g/mol. The fourth-order valence-corrected chi connectivity index (χ4v) is 1.76. The van der Waals surface area contributed by atoms with Gasteiger partial charge in [0.05, 0.1) is 5.88 Å². The van der Waals surface area contributed by atoms with Crippen LogP contribution in [-0.2, 0) is 5.88 Å². The summed E-state index contributed by atoms with van der Waals surface area (Å²) < 4.78 is 1.93. The second-order valence-electron chi connectivity index (χ2n) is 2.73. The number of thioether (sulfide) groups is 1. The van der Waals surface area contributed by atoms with E-state index < -0.39 is 0 Å². The Bertz CT molecular complexity index is 198. The van der Waals surface area contributed by atoms with E-state index in [0.717, 1.165) is 18.8 Å². The van der Waals surface area contributed by atoms with Gasteiger partial charge in [-0.25, -0.2) is 0 Å². The molecular formula is C8H15N3S. The van der Waals surface area contributed by atoms with Gasteiger partial charge < -0.3 is 5.73 Å². The molecule has 0 saturated carbocycles. The van der Waals surface area contributed by atoms with E-state index >= 15 is 0 Å². The fourth-order valence-electron chi connectivity index (χ4n) is 0.898. The molecule has 1 aromatic rings. The van der Waals surface area contributed by atoms with Crippen LogP contribution in [0.2, 0.25) is 0 Å². The van der Waals surface area contributed by atoms with Gasteiger partial charge in [-0.2, -0.15) is 5.10 Å². The zero-order valence-electron chi connectivity index (χ0n) is 7.31. The predicted octanol–water partition coefficient (Wildman–Crippen LogP) is 1.31. The molecule has 0 aromatic carbocycles. The highest BCUT2D eigenvalue weighted by Gasteiger charge is 2.00. The molecule has 0 aliphatic carbocycles. The van der Waals surface area contributed by atoms with Crippen molar-refractivity contribution >= 4 is 11.8 Å². The smallest absolute Gasteiger partial charge is 0.0865 e. The van der Waals surface area contributed by atoms with Gasteiger partial charge in [0.1, 0.15) is 0 Å². The number of hydrogen-bond acceptors (Lipinski definition) is 3. The molecule has 1 aromatic heterocycles. The van der Waals surface area contributed by atoms with Gasteiger partial charge in [-0.3, -0.25) is 4.68 Å². The lowest BCUT2D eigenvalue weighted by Crippen LogP contribution is -2.08. The van der Waals surface area contributed by atoms with Crippen LogP contribution in [-0.4, -0.2) is 21.6 Å². The minimum absolute atomic E-state index is 0.624. The molecule has 0 fully saturated rings. The molecule has 4 heteroatoms. The summed E-state index contributed by atoms with van der Waals surface area (Å²) in [5.41, 5.74) is 5.44. The largest absolute Gasteiger partial charge is 0.330 e. The minimum atomic E-state index is 0.624. The first-order valence-corrected chi connectivity index (χ1v) is 5.17. The summed E-state index contributed by atoms with van der Waals surface area (Å²) >= 11 is 1.88. The topological polar surface area (TPSA) is 43.8 Å². The predicted molar refractivity (Wildman–Crippen MR) is 53.0 cm³/mol. The Morgan fingerprint density at radius 3 is 3.08 bits per heavy atom. The van der Waals surface area contributed by atoms with Crippen LogP contribution in [0.1, 0.15) is 13.3 Å². The zero-order chi connectivity index (χ0) is 8.81. The van der Waals surface area contributed by atoms with Crippen LogP contribution in [0.15, 0.2) is 18.5 Å². The van der Waals surface area contributed by atoms with Crippen LogP contribution in [0.4, 0.5) is 0 Å². The molecule has 68 valence electrons. The first-order chi connectivity index (χ1) is 5.83. The Kier molecular flexibility index (Phi) is 4.18. The lowest BCUT2D eigenvalue weighted by atomic mass is 10.3. The molecule has 0 saturated heterocycles. The standard InChI is InChI=1S/C8H15N3S/c1-8(3-4-9)12-7-11-6-2-5-10-11/h2,5-6,8H,3-4,7,9H2,1H3. The lowest BCUT2D eigenvalue weighted by Gasteiger charge is -2.08. The van der Waals surface area contributed by atoms with Crippen molar-refractivity contribution in [2.24, 2.45) is 5.73 Å². The van der Waals surface area contributed by atoms with Crippen molar-refractivity contribution in [2.75, 3.05) is 6.54 Å². The average molecular weight is 185 g/mol. The second kappa shape index (κ2) is 5.22. The van der Waals surface area contributed by atoms with Gasteiger partial charge in [-0.1, -0.05) is 6.92 Å². The Morgan fingerprint density at radius 1 is 1.67 bits per heavy atom. The summed E-state index contributed by atoms with van der Waals surface area (Å²) in [4.78, 5) is 0. The van der Waals surface area contributed by atoms with Crippen molar-refractivity contribution < 1.29 is 0 Å². The molecule has 12 heavy (non-hydrogen) atoms. The van der Waals surface area contributed by atoms with Gasteiger partial charge in [0.2, 0.25) is 0 Å². The number of rotatable bonds is 5. The van der Waals surface area contributed by atoms with Gasteiger partial charge in [-0.05, 0) is 19.0 Å². The average Bonchev–Trinajstić information content (AvgIpc) is 2.53. The molecule has 0 bridgehead atoms. The van der Waals surface area contributed by atoms with E-state index in [4.69, 9.17) is 5.73 Å². The first-order valence-electron chi connectivity index (χ1n) is 4.12. The van der Waals surface area contributed by atoms with Crippen LogP contribution in [0.3, 0.4) is 0 Å². The molecule has 1 atom stereocenters. The molecule has 0 spiro atoms. The molecule has 0 amide bonds. The lowest BCUT2D eigenvalue weighted by molar-refractivity contribution is 0.740. The van der Waals surface area contributed by atoms with Crippen LogP contribution in [0, 0.1) is 0 Å². The molecule has 0 aliphatic heterocycles. The van der Waals surface area contributed by atoms with Gasteiger partial charge in [0.15, 0.2) is 0 Å². The Morgan fingerprint density at radius 2 is 2.50 bits per heavy atom. The maximum atomic E-state index is 5.44. The third-order valence-corrected chi connectivity index (χ3v) is 2.84. The van der Waals surface area contributed by atoms with E-state index in [1.54, 1.807) is 6.20 Å². The van der Waals surface area contributed by atoms with Gasteiger partial charge >= 0.3 is 0 Å². The minimum Gasteiger partial charge on any atom is -0.330 e. The van der Waals surface area contributed by atoms with Crippen LogP contribution in [0.5, 0.6) is 0 Å². The third kappa shape index (κ3) is 3.28. The molecule has 1 rings (SSSR count). The molecule has 0 aliphatic rings. The number of hydrogen-bond donors (Lipinski definition) is 1. The number of nitrogens with two attached hydrogens (primary N) is 1. The van der Waals surface area contributed by atoms with Crippen LogP contribution in [0.25, 0.3) is 0 Å². The maximum absolute atomic E-state index is 5.44. The molecule has 2 N–H and O–H groups in total. The summed E-state index contributed by atoms with van der Waals surface area (Å²) in [6.07, 6.45) is 4.85. The van der Waals surface area contributed by atoms with E-state index in [9.17, 15) is 0 Å². The Labute approximate surface area is 77.3 Å². The Hall–Kier alpha value is -0.480. The fraction of sp³-hybridized carbons (Fsp3) is 0.625. The molecule has 1 unspecified atom stereocenters. The van der Waals surface area contributed by atoms with Crippen molar-refractivity contribution in [3.63, 3.8) is 0 Å². The molecule has 1 heterocycles. The summed E-state index contributed by atoms with van der Waals surface area (Å²) in [7, 11) is 0. The Balaban J connectivity index is 2.17. The van der Waals surface area contributed by atoms with Gasteiger partial charge in [0, 0.05) is 17.6 Å². The molecule has 3 nitrogen and oxygen atoms in total. The normalized spacial score (nSPS) is 13.2. The van der Waals surface area contributed by atoms with E-state index in [-0.39, 0.29) is 0 Å². The van der Waals surface area contributed by atoms with E-state index in [0.29, 0.717) is 5.25 Å². The number of aromatic nitrogens is 2. The van der Waals surface area contributed by atoms with Crippen molar-refractivity contribution in [1.82, 2.24) is 9.78 Å². The highest BCUT2D eigenvalue weighted by molar-refractivity contribution is 7.98. The molecular weight excluding hydrogens is 170 g/mol. The molecule has 0 radical (unpaired) electrons. The third-order valence-electron chi connectivity index (χ3n) is 1.62. The maximum Gasteiger partial charge on any atom is 0.0865 e. The van der Waals surface area contributed by atoms with Crippen LogP contribution >= 0.6 is 11.8 Å². The summed E-state index contributed by atoms with van der Waals surface area (Å²) in [6, 6.07) is 1.94.